The number of aliphatic imine (C=N–C) groups is 1. The largest absolute Gasteiger partial charge is 0.381 e. The molecule has 1 aliphatic heterocycles. The third-order valence-corrected chi connectivity index (χ3v) is 4.33. The fourth-order valence-corrected chi connectivity index (χ4v) is 2.48. The van der Waals surface area contributed by atoms with Crippen LogP contribution >= 0.6 is 11.8 Å². The fourth-order valence-electron chi connectivity index (χ4n) is 1.71. The second kappa shape index (κ2) is 7.01. The molecule has 16 heavy (non-hydrogen) atoms. The number of hydrogen-bond acceptors (Lipinski definition) is 3. The number of guanidine groups is 1. The van der Waals surface area contributed by atoms with Crippen molar-refractivity contribution >= 4 is 17.7 Å². The maximum atomic E-state index is 5.79. The second-order valence-electron chi connectivity index (χ2n) is 4.13. The van der Waals surface area contributed by atoms with Crippen LogP contribution in [0.4, 0.5) is 0 Å². The molecule has 0 aromatic heterocycles. The van der Waals surface area contributed by atoms with E-state index in [1.54, 1.807) is 0 Å². The van der Waals surface area contributed by atoms with Crippen molar-refractivity contribution in [2.24, 2.45) is 10.7 Å². The van der Waals surface area contributed by atoms with E-state index < -0.39 is 0 Å². The molecule has 4 nitrogen and oxygen atoms in total. The van der Waals surface area contributed by atoms with E-state index in [9.17, 15) is 0 Å². The molecule has 1 heterocycles. The van der Waals surface area contributed by atoms with E-state index in [0.717, 1.165) is 45.6 Å². The van der Waals surface area contributed by atoms with E-state index in [1.165, 1.54) is 0 Å². The van der Waals surface area contributed by atoms with E-state index in [2.05, 4.69) is 23.5 Å². The molecule has 0 aromatic rings. The Bertz CT molecular complexity index is 227. The standard InChI is InChI=1S/C11H23N3OS/c1-3-6-13-10(12)14-9-11(16-2)4-7-15-8-5-11/h3-9H2,1-2H3,(H3,12,13,14). The van der Waals surface area contributed by atoms with Crippen LogP contribution in [0.5, 0.6) is 0 Å². The van der Waals surface area contributed by atoms with Crippen LogP contribution in [-0.4, -0.2) is 43.3 Å². The lowest BCUT2D eigenvalue weighted by Crippen LogP contribution is -2.38. The molecule has 0 atom stereocenters. The predicted octanol–water partition coefficient (Wildman–Crippen LogP) is 1.21. The van der Waals surface area contributed by atoms with Gasteiger partial charge in [0.1, 0.15) is 0 Å². The molecule has 0 amide bonds. The Morgan fingerprint density at radius 2 is 2.19 bits per heavy atom. The van der Waals surface area contributed by atoms with Crippen LogP contribution in [-0.2, 0) is 4.74 Å². The van der Waals surface area contributed by atoms with Crippen molar-refractivity contribution in [1.82, 2.24) is 5.32 Å². The van der Waals surface area contributed by atoms with Gasteiger partial charge in [0.2, 0.25) is 0 Å². The number of hydrogen-bond donors (Lipinski definition) is 2. The molecule has 0 radical (unpaired) electrons. The van der Waals surface area contributed by atoms with Gasteiger partial charge in [-0.25, -0.2) is 0 Å². The summed E-state index contributed by atoms with van der Waals surface area (Å²) in [7, 11) is 0. The Balaban J connectivity index is 2.43. The smallest absolute Gasteiger partial charge is 0.188 e. The lowest BCUT2D eigenvalue weighted by Gasteiger charge is -2.34. The molecule has 0 spiro atoms. The molecule has 1 fully saturated rings. The normalized spacial score (nSPS) is 20.8. The van der Waals surface area contributed by atoms with Gasteiger partial charge < -0.3 is 15.8 Å². The van der Waals surface area contributed by atoms with Gasteiger partial charge in [-0.3, -0.25) is 4.99 Å². The molecule has 0 aliphatic carbocycles. The van der Waals surface area contributed by atoms with Crippen LogP contribution in [0.3, 0.4) is 0 Å². The van der Waals surface area contributed by atoms with Crippen LogP contribution < -0.4 is 11.1 Å². The first-order valence-electron chi connectivity index (χ1n) is 5.89. The number of rotatable bonds is 5. The molecule has 1 aliphatic rings. The highest BCUT2D eigenvalue weighted by Gasteiger charge is 2.31. The first-order chi connectivity index (χ1) is 7.72. The Kier molecular flexibility index (Phi) is 5.98. The van der Waals surface area contributed by atoms with E-state index in [-0.39, 0.29) is 4.75 Å². The van der Waals surface area contributed by atoms with Gasteiger partial charge in [0.05, 0.1) is 6.54 Å². The topological polar surface area (TPSA) is 59.6 Å². The molecule has 0 saturated carbocycles. The molecule has 94 valence electrons. The number of nitrogens with zero attached hydrogens (tertiary/aromatic N) is 1. The van der Waals surface area contributed by atoms with Gasteiger partial charge >= 0.3 is 0 Å². The lowest BCUT2D eigenvalue weighted by molar-refractivity contribution is 0.0794. The van der Waals surface area contributed by atoms with E-state index in [0.29, 0.717) is 5.96 Å². The summed E-state index contributed by atoms with van der Waals surface area (Å²) in [6.45, 7) is 5.49. The lowest BCUT2D eigenvalue weighted by atomic mass is 9.99. The van der Waals surface area contributed by atoms with Crippen molar-refractivity contribution < 1.29 is 4.74 Å². The minimum atomic E-state index is 0.233. The summed E-state index contributed by atoms with van der Waals surface area (Å²) in [5.74, 6) is 0.571. The van der Waals surface area contributed by atoms with Gasteiger partial charge in [0, 0.05) is 24.5 Å². The van der Waals surface area contributed by atoms with Gasteiger partial charge in [0.25, 0.3) is 0 Å². The molecule has 5 heteroatoms. The van der Waals surface area contributed by atoms with Gasteiger partial charge in [0.15, 0.2) is 5.96 Å². The van der Waals surface area contributed by atoms with E-state index in [4.69, 9.17) is 10.5 Å². The zero-order valence-electron chi connectivity index (χ0n) is 10.3. The first kappa shape index (κ1) is 13.6. The minimum Gasteiger partial charge on any atom is -0.381 e. The van der Waals surface area contributed by atoms with Crippen LogP contribution in [0.25, 0.3) is 0 Å². The highest BCUT2D eigenvalue weighted by atomic mass is 32.2. The summed E-state index contributed by atoms with van der Waals surface area (Å²) in [4.78, 5) is 4.44. The van der Waals surface area contributed by atoms with Gasteiger partial charge in [-0.05, 0) is 25.5 Å². The molecule has 3 N–H and O–H groups in total. The molecule has 1 saturated heterocycles. The molecular formula is C11H23N3OS. The van der Waals surface area contributed by atoms with E-state index >= 15 is 0 Å². The number of ether oxygens (including phenoxy) is 1. The van der Waals surface area contributed by atoms with Crippen molar-refractivity contribution in [3.63, 3.8) is 0 Å². The first-order valence-corrected chi connectivity index (χ1v) is 7.11. The zero-order valence-corrected chi connectivity index (χ0v) is 11.1. The third-order valence-electron chi connectivity index (χ3n) is 2.93. The molecular weight excluding hydrogens is 222 g/mol. The summed E-state index contributed by atoms with van der Waals surface area (Å²) >= 11 is 1.89. The Labute approximate surface area is 102 Å². The summed E-state index contributed by atoms with van der Waals surface area (Å²) in [6.07, 6.45) is 5.35. The molecule has 0 aromatic carbocycles. The Hall–Kier alpha value is -0.420. The third kappa shape index (κ3) is 4.22. The van der Waals surface area contributed by atoms with Crippen molar-refractivity contribution in [3.05, 3.63) is 0 Å². The van der Waals surface area contributed by atoms with E-state index in [1.807, 2.05) is 11.8 Å². The van der Waals surface area contributed by atoms with Crippen molar-refractivity contribution in [3.8, 4) is 0 Å². The van der Waals surface area contributed by atoms with Crippen molar-refractivity contribution in [2.45, 2.75) is 30.9 Å². The fraction of sp³-hybridized carbons (Fsp3) is 0.909. The highest BCUT2D eigenvalue weighted by Crippen LogP contribution is 2.33. The zero-order chi connectivity index (χ0) is 11.9. The molecule has 0 bridgehead atoms. The maximum absolute atomic E-state index is 5.79. The SMILES string of the molecule is CCCNC(N)=NCC1(SC)CCOCC1. The molecule has 1 rings (SSSR count). The number of thioether (sulfide) groups is 1. The number of nitrogens with two attached hydrogens (primary N) is 1. The average molecular weight is 245 g/mol. The highest BCUT2D eigenvalue weighted by molar-refractivity contribution is 8.00. The summed E-state index contributed by atoms with van der Waals surface area (Å²) in [5.41, 5.74) is 5.79. The summed E-state index contributed by atoms with van der Waals surface area (Å²) in [5, 5.41) is 3.10. The van der Waals surface area contributed by atoms with Crippen LogP contribution in [0, 0.1) is 0 Å². The Morgan fingerprint density at radius 1 is 1.50 bits per heavy atom. The summed E-state index contributed by atoms with van der Waals surface area (Å²) in [6, 6.07) is 0. The van der Waals surface area contributed by atoms with Gasteiger partial charge in [-0.1, -0.05) is 6.92 Å². The van der Waals surface area contributed by atoms with Gasteiger partial charge in [-0.2, -0.15) is 11.8 Å². The van der Waals surface area contributed by atoms with Crippen LogP contribution in [0.15, 0.2) is 4.99 Å². The van der Waals surface area contributed by atoms with Crippen LogP contribution in [0.1, 0.15) is 26.2 Å². The maximum Gasteiger partial charge on any atom is 0.188 e. The summed E-state index contributed by atoms with van der Waals surface area (Å²) < 4.78 is 5.62. The van der Waals surface area contributed by atoms with Crippen LogP contribution in [0.2, 0.25) is 0 Å². The second-order valence-corrected chi connectivity index (χ2v) is 5.40. The van der Waals surface area contributed by atoms with Gasteiger partial charge in [-0.15, -0.1) is 0 Å². The molecule has 0 unspecified atom stereocenters. The average Bonchev–Trinajstić information content (AvgIpc) is 2.35. The quantitative estimate of drug-likeness (QED) is 0.565. The van der Waals surface area contributed by atoms with Crippen molar-refractivity contribution in [2.75, 3.05) is 32.6 Å². The monoisotopic (exact) mass is 245 g/mol. The van der Waals surface area contributed by atoms with Crippen molar-refractivity contribution in [1.29, 1.82) is 0 Å². The predicted molar refractivity (Wildman–Crippen MR) is 71.1 cm³/mol. The Morgan fingerprint density at radius 3 is 2.75 bits per heavy atom. The number of nitrogens with one attached hydrogen (secondary N) is 1. The minimum absolute atomic E-state index is 0.233.